The summed E-state index contributed by atoms with van der Waals surface area (Å²) < 4.78 is 15.7. The molecule has 5 aromatic rings. The van der Waals surface area contributed by atoms with Gasteiger partial charge in [-0.2, -0.15) is 0 Å². The molecule has 0 aliphatic rings. The molecule has 0 nitrogen and oxygen atoms in total. The highest BCUT2D eigenvalue weighted by Gasteiger charge is 2.10. The third kappa shape index (κ3) is 1.62. The van der Waals surface area contributed by atoms with E-state index in [4.69, 9.17) is 0 Å². The molecule has 4 aromatic carbocycles. The average Bonchev–Trinajstić information content (AvgIpc) is 2.90. The monoisotopic (exact) mass is 302 g/mol. The zero-order valence-corrected chi connectivity index (χ0v) is 12.5. The molecule has 0 atom stereocenters. The fourth-order valence-electron chi connectivity index (χ4n) is 3.26. The van der Waals surface area contributed by atoms with Crippen LogP contribution >= 0.6 is 11.3 Å². The maximum atomic E-state index is 13.5. The Morgan fingerprint density at radius 2 is 1.45 bits per heavy atom. The fraction of sp³-hybridized carbons (Fsp3) is 0. The summed E-state index contributed by atoms with van der Waals surface area (Å²) in [5.41, 5.74) is 0. The van der Waals surface area contributed by atoms with Gasteiger partial charge in [0, 0.05) is 20.2 Å². The maximum Gasteiger partial charge on any atom is 0.124 e. The van der Waals surface area contributed by atoms with Crippen molar-refractivity contribution >= 4 is 53.1 Å². The fourth-order valence-corrected chi connectivity index (χ4v) is 4.41. The summed E-state index contributed by atoms with van der Waals surface area (Å²) in [5.74, 6) is -0.172. The number of rotatable bonds is 0. The van der Waals surface area contributed by atoms with Crippen molar-refractivity contribution in [3.8, 4) is 0 Å². The van der Waals surface area contributed by atoms with Crippen molar-refractivity contribution in [2.75, 3.05) is 0 Å². The molecule has 0 radical (unpaired) electrons. The minimum atomic E-state index is -0.172. The van der Waals surface area contributed by atoms with Crippen LogP contribution in [0.2, 0.25) is 0 Å². The van der Waals surface area contributed by atoms with Crippen LogP contribution in [-0.4, -0.2) is 0 Å². The second-order valence-corrected chi connectivity index (χ2v) is 6.69. The third-order valence-electron chi connectivity index (χ3n) is 4.28. The van der Waals surface area contributed by atoms with Crippen LogP contribution < -0.4 is 0 Å². The van der Waals surface area contributed by atoms with Crippen LogP contribution in [0.3, 0.4) is 0 Å². The molecule has 0 amide bonds. The van der Waals surface area contributed by atoms with E-state index in [0.717, 1.165) is 10.1 Å². The van der Waals surface area contributed by atoms with Gasteiger partial charge >= 0.3 is 0 Å². The predicted molar refractivity (Wildman–Crippen MR) is 94.3 cm³/mol. The van der Waals surface area contributed by atoms with E-state index in [1.54, 1.807) is 23.5 Å². The van der Waals surface area contributed by atoms with Gasteiger partial charge in [0.15, 0.2) is 0 Å². The predicted octanol–water partition coefficient (Wildman–Crippen LogP) is 6.50. The second kappa shape index (κ2) is 4.28. The van der Waals surface area contributed by atoms with Gasteiger partial charge in [-0.1, -0.05) is 30.3 Å². The van der Waals surface area contributed by atoms with E-state index in [2.05, 4.69) is 48.5 Å². The standard InChI is InChI=1S/C20H11FS/c21-15-6-7-16-19(11-15)22-18-8-5-14-9-12-3-1-2-4-13(12)10-17(14)20(16)18/h1-11H. The lowest BCUT2D eigenvalue weighted by molar-refractivity contribution is 0.630. The van der Waals surface area contributed by atoms with Crippen molar-refractivity contribution in [2.45, 2.75) is 0 Å². The highest BCUT2D eigenvalue weighted by atomic mass is 32.1. The number of thiophene rings is 1. The Labute approximate surface area is 130 Å². The van der Waals surface area contributed by atoms with Crippen molar-refractivity contribution in [3.63, 3.8) is 0 Å². The lowest BCUT2D eigenvalue weighted by atomic mass is 9.99. The molecular weight excluding hydrogens is 291 g/mol. The smallest absolute Gasteiger partial charge is 0.124 e. The van der Waals surface area contributed by atoms with E-state index >= 15 is 0 Å². The summed E-state index contributed by atoms with van der Waals surface area (Å²) in [6.45, 7) is 0. The van der Waals surface area contributed by atoms with E-state index in [-0.39, 0.29) is 5.82 Å². The normalized spacial score (nSPS) is 11.9. The van der Waals surface area contributed by atoms with Crippen LogP contribution in [0.25, 0.3) is 41.7 Å². The first-order valence-corrected chi connectivity index (χ1v) is 8.04. The first-order chi connectivity index (χ1) is 10.8. The summed E-state index contributed by atoms with van der Waals surface area (Å²) in [5, 5.41) is 7.35. The van der Waals surface area contributed by atoms with E-state index in [0.29, 0.717) is 0 Å². The number of halogens is 1. The molecule has 0 bridgehead atoms. The van der Waals surface area contributed by atoms with Gasteiger partial charge in [-0.15, -0.1) is 11.3 Å². The van der Waals surface area contributed by atoms with E-state index in [9.17, 15) is 4.39 Å². The zero-order valence-electron chi connectivity index (χ0n) is 11.6. The molecule has 0 N–H and O–H groups in total. The van der Waals surface area contributed by atoms with E-state index in [1.165, 1.54) is 31.6 Å². The highest BCUT2D eigenvalue weighted by molar-refractivity contribution is 7.26. The van der Waals surface area contributed by atoms with Crippen molar-refractivity contribution in [2.24, 2.45) is 0 Å². The summed E-state index contributed by atoms with van der Waals surface area (Å²) in [6, 6.07) is 22.3. The molecular formula is C20H11FS. The van der Waals surface area contributed by atoms with Crippen molar-refractivity contribution in [1.29, 1.82) is 0 Å². The van der Waals surface area contributed by atoms with E-state index in [1.807, 2.05) is 6.07 Å². The molecule has 5 rings (SSSR count). The average molecular weight is 302 g/mol. The van der Waals surface area contributed by atoms with Crippen LogP contribution in [0.15, 0.2) is 66.7 Å². The second-order valence-electron chi connectivity index (χ2n) is 5.60. The number of fused-ring (bicyclic) bond motifs is 6. The minimum Gasteiger partial charge on any atom is -0.207 e. The third-order valence-corrected chi connectivity index (χ3v) is 5.40. The van der Waals surface area contributed by atoms with Crippen LogP contribution in [-0.2, 0) is 0 Å². The van der Waals surface area contributed by atoms with Crippen LogP contribution in [0.5, 0.6) is 0 Å². The number of hydrogen-bond acceptors (Lipinski definition) is 1. The van der Waals surface area contributed by atoms with Crippen LogP contribution in [0, 0.1) is 5.82 Å². The molecule has 2 heteroatoms. The molecule has 0 spiro atoms. The van der Waals surface area contributed by atoms with Gasteiger partial charge in [-0.05, 0) is 57.9 Å². The Balaban J connectivity index is 2.05. The SMILES string of the molecule is Fc1ccc2c(c1)sc1ccc3cc4ccccc4cc3c12. The largest absolute Gasteiger partial charge is 0.207 e. The first-order valence-electron chi connectivity index (χ1n) is 7.23. The Bertz CT molecular complexity index is 1180. The molecule has 22 heavy (non-hydrogen) atoms. The Kier molecular flexibility index (Phi) is 2.36. The van der Waals surface area contributed by atoms with Crippen LogP contribution in [0.4, 0.5) is 4.39 Å². The number of hydrogen-bond donors (Lipinski definition) is 0. The summed E-state index contributed by atoms with van der Waals surface area (Å²) in [6.07, 6.45) is 0. The number of benzene rings is 4. The zero-order chi connectivity index (χ0) is 14.7. The van der Waals surface area contributed by atoms with Gasteiger partial charge < -0.3 is 0 Å². The molecule has 0 unspecified atom stereocenters. The Morgan fingerprint density at radius 3 is 2.32 bits per heavy atom. The summed E-state index contributed by atoms with van der Waals surface area (Å²) >= 11 is 1.66. The molecule has 1 aromatic heterocycles. The van der Waals surface area contributed by atoms with Gasteiger partial charge in [-0.25, -0.2) is 4.39 Å². The summed E-state index contributed by atoms with van der Waals surface area (Å²) in [4.78, 5) is 0. The Hall–Kier alpha value is -2.45. The first kappa shape index (κ1) is 12.1. The lowest BCUT2D eigenvalue weighted by Gasteiger charge is -2.04. The van der Waals surface area contributed by atoms with Gasteiger partial charge in [0.05, 0.1) is 0 Å². The lowest BCUT2D eigenvalue weighted by Crippen LogP contribution is -1.78. The van der Waals surface area contributed by atoms with Crippen molar-refractivity contribution in [3.05, 3.63) is 72.5 Å². The molecule has 1 heterocycles. The van der Waals surface area contributed by atoms with Gasteiger partial charge in [0.25, 0.3) is 0 Å². The minimum absolute atomic E-state index is 0.172. The molecule has 0 saturated carbocycles. The molecule has 0 aliphatic carbocycles. The molecule has 0 aliphatic heterocycles. The quantitative estimate of drug-likeness (QED) is 0.286. The highest BCUT2D eigenvalue weighted by Crippen LogP contribution is 2.39. The van der Waals surface area contributed by atoms with Gasteiger partial charge in [-0.3, -0.25) is 0 Å². The van der Waals surface area contributed by atoms with Crippen molar-refractivity contribution in [1.82, 2.24) is 0 Å². The summed E-state index contributed by atoms with van der Waals surface area (Å²) in [7, 11) is 0. The van der Waals surface area contributed by atoms with Crippen LogP contribution in [0.1, 0.15) is 0 Å². The van der Waals surface area contributed by atoms with Crippen molar-refractivity contribution < 1.29 is 4.39 Å². The Morgan fingerprint density at radius 1 is 0.636 bits per heavy atom. The molecule has 0 saturated heterocycles. The molecule has 104 valence electrons. The van der Waals surface area contributed by atoms with Gasteiger partial charge in [0.1, 0.15) is 5.82 Å². The van der Waals surface area contributed by atoms with E-state index < -0.39 is 0 Å². The topological polar surface area (TPSA) is 0 Å². The van der Waals surface area contributed by atoms with Gasteiger partial charge in [0.2, 0.25) is 0 Å². The maximum absolute atomic E-state index is 13.5. The molecule has 0 fully saturated rings.